The van der Waals surface area contributed by atoms with Gasteiger partial charge in [-0.15, -0.1) is 0 Å². The van der Waals surface area contributed by atoms with Crippen molar-refractivity contribution >= 4 is 7.60 Å². The van der Waals surface area contributed by atoms with Gasteiger partial charge in [0.1, 0.15) is 0 Å². The molecular weight excluding hydrogens is 151 g/mol. The van der Waals surface area contributed by atoms with E-state index in [0.717, 1.165) is 5.57 Å². The maximum atomic E-state index is 10.6. The number of rotatable bonds is 2. The van der Waals surface area contributed by atoms with Crippen LogP contribution in [0.1, 0.15) is 27.2 Å². The molecule has 0 radical (unpaired) electrons. The third-order valence-electron chi connectivity index (χ3n) is 1.26. The molecule has 0 aliphatic heterocycles. The molecule has 0 amide bonds. The first kappa shape index (κ1) is 9.89. The Morgan fingerprint density at radius 1 is 1.40 bits per heavy atom. The molecule has 0 aliphatic rings. The van der Waals surface area contributed by atoms with E-state index in [4.69, 9.17) is 9.79 Å². The van der Waals surface area contributed by atoms with Crippen molar-refractivity contribution < 1.29 is 14.4 Å². The molecular formula is C6H13O3P. The highest BCUT2D eigenvalue weighted by atomic mass is 31.2. The summed E-state index contributed by atoms with van der Waals surface area (Å²) in [6.45, 7) is 5.15. The lowest BCUT2D eigenvalue weighted by atomic mass is 10.3. The van der Waals surface area contributed by atoms with Gasteiger partial charge in [0.2, 0.25) is 0 Å². The first-order valence-electron chi connectivity index (χ1n) is 3.12. The Balaban J connectivity index is 4.73. The van der Waals surface area contributed by atoms with E-state index in [9.17, 15) is 4.57 Å². The van der Waals surface area contributed by atoms with Gasteiger partial charge in [0.05, 0.1) is 0 Å². The average Bonchev–Trinajstić information content (AvgIpc) is 1.60. The molecule has 0 heterocycles. The predicted molar refractivity (Wildman–Crippen MR) is 40.7 cm³/mol. The normalized spacial score (nSPS) is 11.3. The highest BCUT2D eigenvalue weighted by molar-refractivity contribution is 7.56. The summed E-state index contributed by atoms with van der Waals surface area (Å²) in [7, 11) is -3.95. The first-order chi connectivity index (χ1) is 4.39. The molecule has 3 nitrogen and oxygen atoms in total. The Hall–Kier alpha value is -0.110. The van der Waals surface area contributed by atoms with Crippen LogP contribution in [0.25, 0.3) is 0 Å². The second-order valence-corrected chi connectivity index (χ2v) is 3.97. The van der Waals surface area contributed by atoms with E-state index in [0.29, 0.717) is 6.42 Å². The van der Waals surface area contributed by atoms with Gasteiger partial charge in [0.15, 0.2) is 0 Å². The molecule has 0 aliphatic carbocycles. The van der Waals surface area contributed by atoms with Crippen LogP contribution < -0.4 is 0 Å². The van der Waals surface area contributed by atoms with Gasteiger partial charge in [0, 0.05) is 5.31 Å². The zero-order valence-electron chi connectivity index (χ0n) is 6.46. The van der Waals surface area contributed by atoms with Crippen LogP contribution in [0.5, 0.6) is 0 Å². The Morgan fingerprint density at radius 3 is 1.80 bits per heavy atom. The maximum absolute atomic E-state index is 10.6. The molecule has 0 saturated carbocycles. The van der Waals surface area contributed by atoms with E-state index in [1.807, 2.05) is 0 Å². The predicted octanol–water partition coefficient (Wildman–Crippen LogP) is 1.87. The summed E-state index contributed by atoms with van der Waals surface area (Å²) in [4.78, 5) is 17.4. The molecule has 0 rings (SSSR count). The summed E-state index contributed by atoms with van der Waals surface area (Å²) < 4.78 is 10.6. The minimum Gasteiger partial charge on any atom is -0.321 e. The first-order valence-corrected chi connectivity index (χ1v) is 4.73. The van der Waals surface area contributed by atoms with E-state index >= 15 is 0 Å². The van der Waals surface area contributed by atoms with Gasteiger partial charge in [-0.2, -0.15) is 0 Å². The maximum Gasteiger partial charge on any atom is 0.352 e. The molecule has 0 aromatic rings. The molecule has 0 spiro atoms. The third kappa shape index (κ3) is 2.65. The molecule has 0 atom stereocenters. The van der Waals surface area contributed by atoms with Crippen molar-refractivity contribution in [3.8, 4) is 0 Å². The second kappa shape index (κ2) is 3.33. The van der Waals surface area contributed by atoms with Crippen molar-refractivity contribution in [1.82, 2.24) is 0 Å². The van der Waals surface area contributed by atoms with Gasteiger partial charge in [-0.3, -0.25) is 4.57 Å². The molecule has 0 bridgehead atoms. The molecule has 2 N–H and O–H groups in total. The zero-order chi connectivity index (χ0) is 8.36. The highest BCUT2D eigenvalue weighted by Gasteiger charge is 2.19. The van der Waals surface area contributed by atoms with Crippen LogP contribution in [0.2, 0.25) is 0 Å². The van der Waals surface area contributed by atoms with Crippen molar-refractivity contribution in [2.45, 2.75) is 27.2 Å². The molecule has 0 aromatic heterocycles. The zero-order valence-corrected chi connectivity index (χ0v) is 7.35. The van der Waals surface area contributed by atoms with Crippen molar-refractivity contribution in [3.05, 3.63) is 10.9 Å². The summed E-state index contributed by atoms with van der Waals surface area (Å²) in [6.07, 6.45) is 0.423. The molecule has 10 heavy (non-hydrogen) atoms. The molecule has 0 saturated heterocycles. The Labute approximate surface area is 60.9 Å². The fraction of sp³-hybridized carbons (Fsp3) is 0.667. The molecule has 60 valence electrons. The lowest BCUT2D eigenvalue weighted by molar-refractivity contribution is 0.380. The lowest BCUT2D eigenvalue weighted by Gasteiger charge is -2.07. The van der Waals surface area contributed by atoms with Gasteiger partial charge in [-0.25, -0.2) is 0 Å². The summed E-state index contributed by atoms with van der Waals surface area (Å²) in [5, 5.41) is 0.257. The van der Waals surface area contributed by atoms with Crippen LogP contribution >= 0.6 is 7.60 Å². The third-order valence-corrected chi connectivity index (χ3v) is 2.73. The van der Waals surface area contributed by atoms with E-state index in [1.165, 1.54) is 0 Å². The average molecular weight is 164 g/mol. The fourth-order valence-electron chi connectivity index (χ4n) is 0.851. The molecule has 0 aromatic carbocycles. The Morgan fingerprint density at radius 2 is 1.80 bits per heavy atom. The minimum atomic E-state index is -3.95. The Bertz CT molecular complexity index is 185. The summed E-state index contributed by atoms with van der Waals surface area (Å²) in [6, 6.07) is 0. The summed E-state index contributed by atoms with van der Waals surface area (Å²) in [5.41, 5.74) is 0.718. The summed E-state index contributed by atoms with van der Waals surface area (Å²) in [5.74, 6) is 0. The van der Waals surface area contributed by atoms with Crippen LogP contribution in [-0.2, 0) is 4.57 Å². The number of hydrogen-bond donors (Lipinski definition) is 2. The quantitative estimate of drug-likeness (QED) is 0.612. The second-order valence-electron chi connectivity index (χ2n) is 2.34. The van der Waals surface area contributed by atoms with Crippen molar-refractivity contribution in [2.24, 2.45) is 0 Å². The highest BCUT2D eigenvalue weighted by Crippen LogP contribution is 2.47. The van der Waals surface area contributed by atoms with Crippen molar-refractivity contribution in [2.75, 3.05) is 0 Å². The topological polar surface area (TPSA) is 57.5 Å². The number of allylic oxidation sites excluding steroid dienone is 2. The molecule has 4 heteroatoms. The molecule has 0 unspecified atom stereocenters. The number of hydrogen-bond acceptors (Lipinski definition) is 1. The van der Waals surface area contributed by atoms with Crippen molar-refractivity contribution in [1.29, 1.82) is 0 Å². The smallest absolute Gasteiger partial charge is 0.321 e. The van der Waals surface area contributed by atoms with Crippen LogP contribution in [0.15, 0.2) is 10.9 Å². The van der Waals surface area contributed by atoms with E-state index in [1.54, 1.807) is 20.8 Å². The van der Waals surface area contributed by atoms with Gasteiger partial charge in [-0.1, -0.05) is 12.5 Å². The van der Waals surface area contributed by atoms with Gasteiger partial charge in [-0.05, 0) is 20.3 Å². The van der Waals surface area contributed by atoms with E-state index in [2.05, 4.69) is 0 Å². The standard InChI is InChI=1S/C6H13O3P/c1-4-6(5(2)3)10(7,8)9/h4H2,1-3H3,(H2,7,8,9). The monoisotopic (exact) mass is 164 g/mol. The van der Waals surface area contributed by atoms with Gasteiger partial charge in [0.25, 0.3) is 0 Å². The van der Waals surface area contributed by atoms with Gasteiger partial charge >= 0.3 is 7.60 Å². The van der Waals surface area contributed by atoms with Crippen LogP contribution in [-0.4, -0.2) is 9.79 Å². The van der Waals surface area contributed by atoms with E-state index < -0.39 is 7.60 Å². The fourth-order valence-corrected chi connectivity index (χ4v) is 1.85. The molecule has 0 fully saturated rings. The minimum absolute atomic E-state index is 0.257. The largest absolute Gasteiger partial charge is 0.352 e. The Kier molecular flexibility index (Phi) is 3.29. The summed E-state index contributed by atoms with van der Waals surface area (Å²) >= 11 is 0. The van der Waals surface area contributed by atoms with Crippen LogP contribution in [0, 0.1) is 0 Å². The van der Waals surface area contributed by atoms with Gasteiger partial charge < -0.3 is 9.79 Å². The van der Waals surface area contributed by atoms with Crippen LogP contribution in [0.3, 0.4) is 0 Å². The lowest BCUT2D eigenvalue weighted by Crippen LogP contribution is -1.86. The van der Waals surface area contributed by atoms with E-state index in [-0.39, 0.29) is 5.31 Å². The van der Waals surface area contributed by atoms with Crippen LogP contribution in [0.4, 0.5) is 0 Å². The van der Waals surface area contributed by atoms with Crippen molar-refractivity contribution in [3.63, 3.8) is 0 Å². The SMILES string of the molecule is CCC(=C(C)C)P(=O)(O)O.